The monoisotopic (exact) mass is 277 g/mol. The van der Waals surface area contributed by atoms with Crippen LogP contribution in [0.4, 0.5) is 0 Å². The first-order valence-corrected chi connectivity index (χ1v) is 8.17. The fourth-order valence-electron chi connectivity index (χ4n) is 3.60. The first-order valence-electron chi connectivity index (χ1n) is 8.17. The van der Waals surface area contributed by atoms with Crippen LogP contribution < -0.4 is 0 Å². The van der Waals surface area contributed by atoms with Crippen LogP contribution in [0.5, 0.6) is 0 Å². The van der Waals surface area contributed by atoms with Crippen LogP contribution in [-0.2, 0) is 11.3 Å². The lowest BCUT2D eigenvalue weighted by Crippen LogP contribution is -2.31. The van der Waals surface area contributed by atoms with E-state index in [1.165, 1.54) is 37.8 Å². The Kier molecular flexibility index (Phi) is 4.73. The van der Waals surface area contributed by atoms with Gasteiger partial charge in [0.2, 0.25) is 0 Å². The maximum absolute atomic E-state index is 5.73. The molecular formula is C16H27N3O. The van der Waals surface area contributed by atoms with E-state index < -0.39 is 0 Å². The number of hydrogen-bond acceptors (Lipinski definition) is 3. The van der Waals surface area contributed by atoms with Gasteiger partial charge >= 0.3 is 0 Å². The Balaban J connectivity index is 1.66. The molecule has 0 unspecified atom stereocenters. The van der Waals surface area contributed by atoms with Crippen molar-refractivity contribution in [3.63, 3.8) is 0 Å². The summed E-state index contributed by atoms with van der Waals surface area (Å²) in [5.41, 5.74) is 1.38. The van der Waals surface area contributed by atoms with Gasteiger partial charge in [0.25, 0.3) is 0 Å². The summed E-state index contributed by atoms with van der Waals surface area (Å²) in [6, 6.07) is 0.682. The van der Waals surface area contributed by atoms with Gasteiger partial charge in [0.05, 0.1) is 18.1 Å². The summed E-state index contributed by atoms with van der Waals surface area (Å²) in [7, 11) is 0. The average molecular weight is 277 g/mol. The molecule has 1 saturated carbocycles. The van der Waals surface area contributed by atoms with E-state index in [0.29, 0.717) is 12.1 Å². The first-order chi connectivity index (χ1) is 9.83. The van der Waals surface area contributed by atoms with Crippen molar-refractivity contribution < 1.29 is 4.74 Å². The van der Waals surface area contributed by atoms with Crippen LogP contribution in [0.2, 0.25) is 0 Å². The van der Waals surface area contributed by atoms with Gasteiger partial charge in [-0.1, -0.05) is 19.3 Å². The Bertz CT molecular complexity index is 412. The smallest absolute Gasteiger partial charge is 0.0951 e. The summed E-state index contributed by atoms with van der Waals surface area (Å²) < 4.78 is 8.17. The largest absolute Gasteiger partial charge is 0.377 e. The zero-order chi connectivity index (χ0) is 13.8. The Labute approximate surface area is 122 Å². The normalized spacial score (nSPS) is 26.6. The second-order valence-electron chi connectivity index (χ2n) is 6.35. The molecule has 1 atom stereocenters. The zero-order valence-electron chi connectivity index (χ0n) is 12.6. The number of imidazole rings is 1. The van der Waals surface area contributed by atoms with E-state index in [9.17, 15) is 0 Å². The number of aromatic nitrogens is 2. The lowest BCUT2D eigenvalue weighted by molar-refractivity contribution is 0.0664. The van der Waals surface area contributed by atoms with Gasteiger partial charge < -0.3 is 9.30 Å². The first kappa shape index (κ1) is 14.1. The number of rotatable bonds is 3. The molecule has 0 aromatic carbocycles. The van der Waals surface area contributed by atoms with Crippen molar-refractivity contribution in [1.82, 2.24) is 14.5 Å². The highest BCUT2D eigenvalue weighted by Gasteiger charge is 2.20. The molecule has 0 amide bonds. The molecule has 0 spiro atoms. The van der Waals surface area contributed by atoms with Crippen molar-refractivity contribution in [3.8, 4) is 0 Å². The molecule has 1 aliphatic carbocycles. The van der Waals surface area contributed by atoms with E-state index in [0.717, 1.165) is 32.7 Å². The van der Waals surface area contributed by atoms with Gasteiger partial charge in [-0.2, -0.15) is 0 Å². The second kappa shape index (κ2) is 6.72. The maximum atomic E-state index is 5.73. The van der Waals surface area contributed by atoms with Crippen LogP contribution in [0.1, 0.15) is 57.2 Å². The van der Waals surface area contributed by atoms with Gasteiger partial charge in [-0.15, -0.1) is 0 Å². The van der Waals surface area contributed by atoms with E-state index in [1.807, 2.05) is 6.33 Å². The van der Waals surface area contributed by atoms with Gasteiger partial charge in [-0.25, -0.2) is 4.98 Å². The molecule has 1 aliphatic heterocycles. The predicted octanol–water partition coefficient (Wildman–Crippen LogP) is 3.00. The minimum Gasteiger partial charge on any atom is -0.377 e. The van der Waals surface area contributed by atoms with E-state index >= 15 is 0 Å². The van der Waals surface area contributed by atoms with Crippen molar-refractivity contribution >= 4 is 0 Å². The molecular weight excluding hydrogens is 250 g/mol. The van der Waals surface area contributed by atoms with Crippen molar-refractivity contribution in [3.05, 3.63) is 18.2 Å². The van der Waals surface area contributed by atoms with Crippen LogP contribution in [0.25, 0.3) is 0 Å². The minimum atomic E-state index is 0.351. The van der Waals surface area contributed by atoms with E-state index in [-0.39, 0.29) is 0 Å². The molecule has 4 heteroatoms. The Morgan fingerprint density at radius 3 is 2.95 bits per heavy atom. The lowest BCUT2D eigenvalue weighted by Gasteiger charge is -2.27. The van der Waals surface area contributed by atoms with Gasteiger partial charge in [-0.05, 0) is 26.2 Å². The number of nitrogens with zero attached hydrogens (tertiary/aromatic N) is 3. The molecule has 2 fully saturated rings. The Morgan fingerprint density at radius 2 is 2.10 bits per heavy atom. The average Bonchev–Trinajstić information content (AvgIpc) is 2.82. The molecule has 112 valence electrons. The molecule has 20 heavy (non-hydrogen) atoms. The molecule has 1 aromatic heterocycles. The predicted molar refractivity (Wildman–Crippen MR) is 79.7 cm³/mol. The molecule has 0 bridgehead atoms. The van der Waals surface area contributed by atoms with Crippen LogP contribution in [0, 0.1) is 0 Å². The molecule has 1 saturated heterocycles. The SMILES string of the molecule is C[C@H]1CN(Cc2cncn2C2CCCCC2)CCCO1. The van der Waals surface area contributed by atoms with Gasteiger partial charge in [0.15, 0.2) is 0 Å². The molecule has 0 radical (unpaired) electrons. The molecule has 2 heterocycles. The van der Waals surface area contributed by atoms with Crippen LogP contribution in [-0.4, -0.2) is 40.3 Å². The third-order valence-corrected chi connectivity index (χ3v) is 4.64. The van der Waals surface area contributed by atoms with Crippen LogP contribution in [0.3, 0.4) is 0 Å². The van der Waals surface area contributed by atoms with Gasteiger partial charge in [-0.3, -0.25) is 4.90 Å². The Morgan fingerprint density at radius 1 is 1.25 bits per heavy atom. The number of ether oxygens (including phenoxy) is 1. The third-order valence-electron chi connectivity index (χ3n) is 4.64. The van der Waals surface area contributed by atoms with Gasteiger partial charge in [0.1, 0.15) is 0 Å². The van der Waals surface area contributed by atoms with Gasteiger partial charge in [0, 0.05) is 38.5 Å². The summed E-state index contributed by atoms with van der Waals surface area (Å²) in [4.78, 5) is 6.93. The lowest BCUT2D eigenvalue weighted by atomic mass is 9.95. The Hall–Kier alpha value is -0.870. The van der Waals surface area contributed by atoms with Crippen molar-refractivity contribution in [2.45, 2.75) is 64.1 Å². The van der Waals surface area contributed by atoms with Crippen LogP contribution in [0.15, 0.2) is 12.5 Å². The third kappa shape index (κ3) is 3.41. The molecule has 0 N–H and O–H groups in total. The molecule has 1 aromatic rings. The quantitative estimate of drug-likeness (QED) is 0.851. The maximum Gasteiger partial charge on any atom is 0.0951 e. The molecule has 3 rings (SSSR count). The van der Waals surface area contributed by atoms with E-state index in [2.05, 4.69) is 27.6 Å². The van der Waals surface area contributed by atoms with Crippen LogP contribution >= 0.6 is 0 Å². The van der Waals surface area contributed by atoms with Crippen molar-refractivity contribution in [2.75, 3.05) is 19.7 Å². The highest BCUT2D eigenvalue weighted by Crippen LogP contribution is 2.29. The van der Waals surface area contributed by atoms with E-state index in [1.54, 1.807) is 0 Å². The molecule has 4 nitrogen and oxygen atoms in total. The second-order valence-corrected chi connectivity index (χ2v) is 6.35. The summed E-state index contributed by atoms with van der Waals surface area (Å²) >= 11 is 0. The fraction of sp³-hybridized carbons (Fsp3) is 0.812. The standard InChI is InChI=1S/C16H27N3O/c1-14-11-18(8-5-9-20-14)12-16-10-17-13-19(16)15-6-3-2-4-7-15/h10,13-15H,2-9,11-12H2,1H3/t14-/m0/s1. The number of hydrogen-bond donors (Lipinski definition) is 0. The van der Waals surface area contributed by atoms with Crippen molar-refractivity contribution in [2.24, 2.45) is 0 Å². The fourth-order valence-corrected chi connectivity index (χ4v) is 3.60. The highest BCUT2D eigenvalue weighted by molar-refractivity contribution is 5.01. The summed E-state index contributed by atoms with van der Waals surface area (Å²) in [6.45, 7) is 6.27. The summed E-state index contributed by atoms with van der Waals surface area (Å²) in [5.74, 6) is 0. The van der Waals surface area contributed by atoms with E-state index in [4.69, 9.17) is 4.74 Å². The molecule has 2 aliphatic rings. The zero-order valence-corrected chi connectivity index (χ0v) is 12.6. The topological polar surface area (TPSA) is 30.3 Å². The minimum absolute atomic E-state index is 0.351. The highest BCUT2D eigenvalue weighted by atomic mass is 16.5. The van der Waals surface area contributed by atoms with Crippen molar-refractivity contribution in [1.29, 1.82) is 0 Å². The summed E-state index contributed by atoms with van der Waals surface area (Å²) in [5, 5.41) is 0. The summed E-state index contributed by atoms with van der Waals surface area (Å²) in [6.07, 6.45) is 12.4.